The quantitative estimate of drug-likeness (QED) is 0.353. The van der Waals surface area contributed by atoms with Gasteiger partial charge in [-0.05, 0) is 62.4 Å². The SMILES string of the molecule is CC(=O)c1nn(C2(C)CCCC2)cc1NC=O.CCc1ccc(-c2cc(NC)ccc2C)cn1. The predicted molar refractivity (Wildman–Crippen MR) is 137 cm³/mol. The van der Waals surface area contributed by atoms with Crippen LogP contribution in [-0.4, -0.2) is 34.0 Å². The van der Waals surface area contributed by atoms with Crippen LogP contribution in [0.4, 0.5) is 11.4 Å². The smallest absolute Gasteiger partial charge is 0.211 e. The standard InChI is InChI=1S/C15H18N2.C12H17N3O2/c1-4-13-8-6-12(10-17-13)15-9-14(16-3)7-5-11(15)2;1-9(17)11-10(13-8-16)7-15(14-11)12(2)5-3-4-6-12/h5-10,16H,4H2,1-3H3;7-8H,3-6H2,1-2H3,(H,13,16). The van der Waals surface area contributed by atoms with Crippen molar-refractivity contribution in [1.82, 2.24) is 14.8 Å². The Morgan fingerprint density at radius 3 is 2.50 bits per heavy atom. The monoisotopic (exact) mass is 461 g/mol. The minimum Gasteiger partial charge on any atom is -0.388 e. The molecule has 0 bridgehead atoms. The van der Waals surface area contributed by atoms with E-state index in [9.17, 15) is 9.59 Å². The van der Waals surface area contributed by atoms with E-state index < -0.39 is 0 Å². The first-order valence-corrected chi connectivity index (χ1v) is 11.9. The van der Waals surface area contributed by atoms with Crippen LogP contribution in [0.25, 0.3) is 11.1 Å². The second kappa shape index (κ2) is 11.1. The van der Waals surface area contributed by atoms with Crippen LogP contribution in [0, 0.1) is 6.92 Å². The molecular formula is C27H35N5O2. The molecule has 2 N–H and O–H groups in total. The number of Topliss-reactive ketones (excluding diaryl/α,β-unsaturated/α-hetero) is 1. The summed E-state index contributed by atoms with van der Waals surface area (Å²) in [5.74, 6) is -0.130. The topological polar surface area (TPSA) is 88.9 Å². The lowest BCUT2D eigenvalue weighted by Gasteiger charge is -2.23. The molecule has 0 radical (unpaired) electrons. The van der Waals surface area contributed by atoms with Crippen molar-refractivity contribution in [2.45, 2.75) is 65.3 Å². The van der Waals surface area contributed by atoms with Crippen molar-refractivity contribution in [3.8, 4) is 11.1 Å². The molecule has 1 amide bonds. The van der Waals surface area contributed by atoms with Crippen molar-refractivity contribution in [2.75, 3.05) is 17.7 Å². The van der Waals surface area contributed by atoms with Crippen LogP contribution in [0.1, 0.15) is 68.2 Å². The maximum absolute atomic E-state index is 11.4. The van der Waals surface area contributed by atoms with E-state index in [0.717, 1.165) is 30.6 Å². The number of carbonyl (C=O) groups is 2. The van der Waals surface area contributed by atoms with Crippen molar-refractivity contribution in [2.24, 2.45) is 0 Å². The lowest BCUT2D eigenvalue weighted by Crippen LogP contribution is -2.27. The van der Waals surface area contributed by atoms with Crippen LogP contribution in [0.5, 0.6) is 0 Å². The highest BCUT2D eigenvalue weighted by Crippen LogP contribution is 2.36. The van der Waals surface area contributed by atoms with Gasteiger partial charge in [-0.1, -0.05) is 31.9 Å². The zero-order valence-electron chi connectivity index (χ0n) is 20.8. The Hall–Kier alpha value is -3.48. The normalized spacial score (nSPS) is 14.1. The number of carbonyl (C=O) groups excluding carboxylic acids is 2. The zero-order valence-corrected chi connectivity index (χ0v) is 20.8. The third-order valence-electron chi connectivity index (χ3n) is 6.52. The molecule has 0 aliphatic heterocycles. The molecule has 7 heteroatoms. The first kappa shape index (κ1) is 25.1. The van der Waals surface area contributed by atoms with Gasteiger partial charge in [0.05, 0.1) is 11.2 Å². The number of pyridine rings is 1. The summed E-state index contributed by atoms with van der Waals surface area (Å²) < 4.78 is 1.84. The largest absolute Gasteiger partial charge is 0.388 e. The first-order valence-electron chi connectivity index (χ1n) is 11.9. The van der Waals surface area contributed by atoms with Crippen molar-refractivity contribution in [3.63, 3.8) is 0 Å². The molecule has 2 aromatic heterocycles. The molecule has 1 aliphatic rings. The van der Waals surface area contributed by atoms with Gasteiger partial charge in [-0.3, -0.25) is 19.3 Å². The molecular weight excluding hydrogens is 426 g/mol. The minimum absolute atomic E-state index is 0.0208. The molecule has 0 saturated heterocycles. The lowest BCUT2D eigenvalue weighted by molar-refractivity contribution is -0.105. The lowest BCUT2D eigenvalue weighted by atomic mass is 10.0. The van der Waals surface area contributed by atoms with Crippen LogP contribution in [0.15, 0.2) is 42.7 Å². The highest BCUT2D eigenvalue weighted by molar-refractivity contribution is 5.99. The van der Waals surface area contributed by atoms with Crippen LogP contribution in [0.2, 0.25) is 0 Å². The number of nitrogens with zero attached hydrogens (tertiary/aromatic N) is 3. The Bertz CT molecular complexity index is 1130. The van der Waals surface area contributed by atoms with E-state index in [2.05, 4.69) is 71.8 Å². The summed E-state index contributed by atoms with van der Waals surface area (Å²) in [4.78, 5) is 26.4. The highest BCUT2D eigenvalue weighted by Gasteiger charge is 2.32. The Kier molecular flexibility index (Phi) is 8.21. The van der Waals surface area contributed by atoms with Gasteiger partial charge in [-0.25, -0.2) is 0 Å². The average Bonchev–Trinajstić information content (AvgIpc) is 3.48. The molecule has 1 fully saturated rings. The maximum atomic E-state index is 11.4. The van der Waals surface area contributed by atoms with Crippen molar-refractivity contribution in [1.29, 1.82) is 0 Å². The van der Waals surface area contributed by atoms with Gasteiger partial charge in [0, 0.05) is 43.3 Å². The summed E-state index contributed by atoms with van der Waals surface area (Å²) in [6.07, 6.45) is 9.77. The molecule has 7 nitrogen and oxygen atoms in total. The molecule has 180 valence electrons. The highest BCUT2D eigenvalue weighted by atomic mass is 16.1. The average molecular weight is 462 g/mol. The number of ketones is 1. The van der Waals surface area contributed by atoms with E-state index in [4.69, 9.17) is 0 Å². The molecule has 2 heterocycles. The Morgan fingerprint density at radius 2 is 1.94 bits per heavy atom. The summed E-state index contributed by atoms with van der Waals surface area (Å²) in [7, 11) is 1.94. The predicted octanol–water partition coefficient (Wildman–Crippen LogP) is 5.60. The van der Waals surface area contributed by atoms with Crippen LogP contribution in [-0.2, 0) is 16.8 Å². The van der Waals surface area contributed by atoms with Crippen LogP contribution in [0.3, 0.4) is 0 Å². The van der Waals surface area contributed by atoms with E-state index >= 15 is 0 Å². The van der Waals surface area contributed by atoms with Crippen molar-refractivity contribution >= 4 is 23.6 Å². The van der Waals surface area contributed by atoms with E-state index in [1.807, 2.05) is 17.9 Å². The van der Waals surface area contributed by atoms with Gasteiger partial charge in [0.25, 0.3) is 0 Å². The fraction of sp³-hybridized carbons (Fsp3) is 0.407. The number of anilines is 2. The van der Waals surface area contributed by atoms with Crippen LogP contribution < -0.4 is 10.6 Å². The summed E-state index contributed by atoms with van der Waals surface area (Å²) in [5, 5.41) is 10.0. The molecule has 0 atom stereocenters. The third-order valence-corrected chi connectivity index (χ3v) is 6.52. The molecule has 1 aliphatic carbocycles. The van der Waals surface area contributed by atoms with Gasteiger partial charge >= 0.3 is 0 Å². The van der Waals surface area contributed by atoms with Gasteiger partial charge in [0.1, 0.15) is 0 Å². The number of aromatic nitrogens is 3. The number of benzene rings is 1. The second-order valence-electron chi connectivity index (χ2n) is 9.03. The van der Waals surface area contributed by atoms with E-state index in [1.54, 1.807) is 6.20 Å². The Labute approximate surface area is 202 Å². The summed E-state index contributed by atoms with van der Waals surface area (Å²) in [6.45, 7) is 7.85. The molecule has 34 heavy (non-hydrogen) atoms. The fourth-order valence-corrected chi connectivity index (χ4v) is 4.33. The Balaban J connectivity index is 0.000000191. The summed E-state index contributed by atoms with van der Waals surface area (Å²) in [5.41, 5.74) is 6.78. The summed E-state index contributed by atoms with van der Waals surface area (Å²) >= 11 is 0. The van der Waals surface area contributed by atoms with E-state index in [0.29, 0.717) is 17.8 Å². The number of nitrogens with one attached hydrogen (secondary N) is 2. The number of rotatable bonds is 7. The first-order chi connectivity index (χ1) is 16.3. The minimum atomic E-state index is -0.130. The molecule has 0 unspecified atom stereocenters. The third kappa shape index (κ3) is 5.71. The van der Waals surface area contributed by atoms with Gasteiger partial charge in [0.2, 0.25) is 6.41 Å². The Morgan fingerprint density at radius 1 is 1.21 bits per heavy atom. The zero-order chi connectivity index (χ0) is 24.7. The summed E-state index contributed by atoms with van der Waals surface area (Å²) in [6, 6.07) is 10.6. The van der Waals surface area contributed by atoms with Gasteiger partial charge in [-0.2, -0.15) is 5.10 Å². The van der Waals surface area contributed by atoms with Gasteiger partial charge < -0.3 is 10.6 Å². The second-order valence-corrected chi connectivity index (χ2v) is 9.03. The number of hydrogen-bond acceptors (Lipinski definition) is 5. The van der Waals surface area contributed by atoms with Crippen molar-refractivity contribution in [3.05, 3.63) is 59.7 Å². The van der Waals surface area contributed by atoms with E-state index in [1.165, 1.54) is 36.5 Å². The van der Waals surface area contributed by atoms with Gasteiger partial charge in [-0.15, -0.1) is 0 Å². The van der Waals surface area contributed by atoms with E-state index in [-0.39, 0.29) is 11.3 Å². The molecule has 1 aromatic carbocycles. The number of hydrogen-bond donors (Lipinski definition) is 2. The van der Waals surface area contributed by atoms with Crippen LogP contribution >= 0.6 is 0 Å². The molecule has 4 rings (SSSR count). The molecule has 3 aromatic rings. The number of amides is 1. The maximum Gasteiger partial charge on any atom is 0.211 e. The molecule has 1 saturated carbocycles. The molecule has 0 spiro atoms. The van der Waals surface area contributed by atoms with Gasteiger partial charge in [0.15, 0.2) is 11.5 Å². The fourth-order valence-electron chi connectivity index (χ4n) is 4.33. The van der Waals surface area contributed by atoms with Crippen molar-refractivity contribution < 1.29 is 9.59 Å². The number of aryl methyl sites for hydroxylation is 2.